The second-order valence-electron chi connectivity index (χ2n) is 7.92. The van der Waals surface area contributed by atoms with Crippen molar-refractivity contribution in [2.75, 3.05) is 5.32 Å². The fourth-order valence-electron chi connectivity index (χ4n) is 2.67. The molecule has 10 heteroatoms. The van der Waals surface area contributed by atoms with Gasteiger partial charge < -0.3 is 15.8 Å². The molecule has 0 aliphatic rings. The minimum Gasteiger partial charge on any atom is -0.443 e. The van der Waals surface area contributed by atoms with E-state index in [9.17, 15) is 18.8 Å². The molecule has 0 spiro atoms. The third-order valence-electron chi connectivity index (χ3n) is 4.82. The molecule has 32 heavy (non-hydrogen) atoms. The number of carbonyl (C=O) groups is 3. The Morgan fingerprint density at radius 2 is 2.00 bits per heavy atom. The lowest BCUT2D eigenvalue weighted by Crippen LogP contribution is -2.38. The zero-order valence-electron chi connectivity index (χ0n) is 18.6. The van der Waals surface area contributed by atoms with Gasteiger partial charge in [0.25, 0.3) is 5.91 Å². The van der Waals surface area contributed by atoms with Gasteiger partial charge in [0.15, 0.2) is 11.5 Å². The van der Waals surface area contributed by atoms with E-state index in [1.807, 2.05) is 27.7 Å². The van der Waals surface area contributed by atoms with Crippen LogP contribution in [0.1, 0.15) is 50.9 Å². The monoisotopic (exact) mass is 464 g/mol. The van der Waals surface area contributed by atoms with Gasteiger partial charge in [0.1, 0.15) is 11.9 Å². The lowest BCUT2D eigenvalue weighted by molar-refractivity contribution is -0.150. The van der Waals surface area contributed by atoms with Crippen molar-refractivity contribution in [3.63, 3.8) is 0 Å². The van der Waals surface area contributed by atoms with E-state index in [4.69, 9.17) is 10.5 Å². The molecule has 1 heterocycles. The topological polar surface area (TPSA) is 116 Å². The molecule has 0 saturated carbocycles. The highest BCUT2D eigenvalue weighted by atomic mass is 32.1. The molecular formula is C22H29FN4O4S. The lowest BCUT2D eigenvalue weighted by Gasteiger charge is -2.16. The predicted octanol–water partition coefficient (Wildman–Crippen LogP) is 3.29. The number of ether oxygens (including phenoxy) is 1. The number of nitrogens with one attached hydrogen (secondary N) is 1. The maximum Gasteiger partial charge on any atom is 0.324 e. The van der Waals surface area contributed by atoms with E-state index >= 15 is 0 Å². The van der Waals surface area contributed by atoms with Crippen molar-refractivity contribution in [3.8, 4) is 0 Å². The van der Waals surface area contributed by atoms with Crippen molar-refractivity contribution in [1.82, 2.24) is 4.57 Å². The van der Waals surface area contributed by atoms with Crippen LogP contribution in [0.4, 0.5) is 10.1 Å². The van der Waals surface area contributed by atoms with Gasteiger partial charge in [0, 0.05) is 23.6 Å². The number of carbonyl (C=O) groups excluding carboxylic acids is 3. The highest BCUT2D eigenvalue weighted by Gasteiger charge is 2.21. The molecule has 3 N–H and O–H groups in total. The smallest absolute Gasteiger partial charge is 0.324 e. The van der Waals surface area contributed by atoms with Crippen LogP contribution in [0.2, 0.25) is 0 Å². The molecule has 0 aliphatic carbocycles. The molecule has 0 fully saturated rings. The Hall–Kier alpha value is -2.85. The Morgan fingerprint density at radius 1 is 1.28 bits per heavy atom. The van der Waals surface area contributed by atoms with Gasteiger partial charge in [-0.15, -0.1) is 11.3 Å². The minimum absolute atomic E-state index is 0.00273. The summed E-state index contributed by atoms with van der Waals surface area (Å²) in [6.07, 6.45) is 2.63. The molecule has 2 amide bonds. The van der Waals surface area contributed by atoms with Crippen LogP contribution in [0.5, 0.6) is 0 Å². The fourth-order valence-corrected chi connectivity index (χ4v) is 3.39. The summed E-state index contributed by atoms with van der Waals surface area (Å²) in [4.78, 5) is 40.7. The zero-order chi connectivity index (χ0) is 23.8. The number of amides is 2. The van der Waals surface area contributed by atoms with Gasteiger partial charge in [0.05, 0.1) is 5.69 Å². The third kappa shape index (κ3) is 7.10. The fraction of sp³-hybridized carbons (Fsp3) is 0.455. The van der Waals surface area contributed by atoms with Crippen molar-refractivity contribution in [3.05, 3.63) is 46.0 Å². The largest absolute Gasteiger partial charge is 0.443 e. The van der Waals surface area contributed by atoms with E-state index in [-0.39, 0.29) is 46.9 Å². The van der Waals surface area contributed by atoms with Crippen LogP contribution in [0.25, 0.3) is 0 Å². The molecule has 2 aromatic rings. The number of hydrogen-bond acceptors (Lipinski definition) is 6. The first-order chi connectivity index (χ1) is 15.1. The third-order valence-corrected chi connectivity index (χ3v) is 5.61. The summed E-state index contributed by atoms with van der Waals surface area (Å²) < 4.78 is 21.1. The van der Waals surface area contributed by atoms with Crippen LogP contribution in [0.15, 0.2) is 34.8 Å². The number of anilines is 1. The van der Waals surface area contributed by atoms with Crippen LogP contribution in [-0.4, -0.2) is 28.4 Å². The summed E-state index contributed by atoms with van der Waals surface area (Å²) >= 11 is 1.17. The Bertz CT molecular complexity index is 1030. The molecule has 8 nitrogen and oxygen atoms in total. The Kier molecular flexibility index (Phi) is 9.27. The summed E-state index contributed by atoms with van der Waals surface area (Å²) in [7, 11) is 0. The first kappa shape index (κ1) is 25.4. The number of benzene rings is 1. The van der Waals surface area contributed by atoms with E-state index in [1.54, 1.807) is 11.6 Å². The maximum absolute atomic E-state index is 14.4. The maximum atomic E-state index is 14.4. The Balaban J connectivity index is 2.10. The Labute approximate surface area is 190 Å². The Morgan fingerprint density at radius 3 is 2.62 bits per heavy atom. The van der Waals surface area contributed by atoms with Gasteiger partial charge in [-0.2, -0.15) is 4.99 Å². The molecule has 0 saturated heterocycles. The summed E-state index contributed by atoms with van der Waals surface area (Å²) in [5, 5.41) is 4.18. The minimum atomic E-state index is -0.733. The molecule has 0 unspecified atom stereocenters. The molecule has 2 rings (SSSR count). The van der Waals surface area contributed by atoms with Crippen LogP contribution in [0.3, 0.4) is 0 Å². The van der Waals surface area contributed by atoms with Crippen molar-refractivity contribution in [2.45, 2.75) is 53.3 Å². The zero-order valence-corrected chi connectivity index (χ0v) is 19.4. The predicted molar refractivity (Wildman–Crippen MR) is 120 cm³/mol. The summed E-state index contributed by atoms with van der Waals surface area (Å²) in [5.74, 6) is -2.11. The van der Waals surface area contributed by atoms with Crippen molar-refractivity contribution >= 4 is 34.8 Å². The van der Waals surface area contributed by atoms with E-state index in [2.05, 4.69) is 10.3 Å². The molecule has 0 aliphatic heterocycles. The molecule has 1 aromatic carbocycles. The quantitative estimate of drug-likeness (QED) is 0.553. The molecule has 2 atom stereocenters. The van der Waals surface area contributed by atoms with E-state index in [0.29, 0.717) is 0 Å². The van der Waals surface area contributed by atoms with Gasteiger partial charge in [-0.25, -0.2) is 4.39 Å². The number of nitrogens with two attached hydrogens (primary N) is 1. The van der Waals surface area contributed by atoms with Crippen molar-refractivity contribution < 1.29 is 23.5 Å². The van der Waals surface area contributed by atoms with Gasteiger partial charge in [-0.05, 0) is 30.0 Å². The molecular weight excluding hydrogens is 435 g/mol. The van der Waals surface area contributed by atoms with Crippen LogP contribution in [-0.2, 0) is 21.1 Å². The number of halogens is 1. The van der Waals surface area contributed by atoms with Crippen LogP contribution in [0, 0.1) is 17.7 Å². The second-order valence-corrected chi connectivity index (χ2v) is 8.79. The normalized spacial score (nSPS) is 13.7. The average molecular weight is 465 g/mol. The van der Waals surface area contributed by atoms with Gasteiger partial charge >= 0.3 is 5.97 Å². The summed E-state index contributed by atoms with van der Waals surface area (Å²) in [5.41, 5.74) is 5.90. The summed E-state index contributed by atoms with van der Waals surface area (Å²) in [6, 6.07) is 3.02. The van der Waals surface area contributed by atoms with E-state index in [0.717, 1.165) is 12.5 Å². The van der Waals surface area contributed by atoms with Crippen LogP contribution < -0.4 is 15.9 Å². The number of thiazole rings is 1. The standard InChI is InChI=1S/C22H29FN4O4S/c1-5-14(4)19(24)21(30)31-12-27-8-9-32-22(27)26-20(29)15-6-7-17(16(23)11-15)25-18(28)10-13(2)3/h6-9,11,13-14,19H,5,10,12,24H2,1-4H3,(H,25,28)/b26-22-/t14-,19-/m0/s1. The highest BCUT2D eigenvalue weighted by molar-refractivity contribution is 7.07. The number of hydrogen-bond donors (Lipinski definition) is 2. The van der Waals surface area contributed by atoms with E-state index < -0.39 is 23.7 Å². The number of nitrogens with zero attached hydrogens (tertiary/aromatic N) is 2. The molecule has 174 valence electrons. The number of esters is 1. The first-order valence-electron chi connectivity index (χ1n) is 10.4. The highest BCUT2D eigenvalue weighted by Crippen LogP contribution is 2.17. The van der Waals surface area contributed by atoms with E-state index in [1.165, 1.54) is 28.0 Å². The molecule has 0 radical (unpaired) electrons. The SMILES string of the molecule is CC[C@H](C)[C@H](N)C(=O)OCn1ccs/c1=N\C(=O)c1ccc(NC(=O)CC(C)C)c(F)c1. The molecule has 1 aromatic heterocycles. The second kappa shape index (κ2) is 11.7. The first-order valence-corrected chi connectivity index (χ1v) is 11.2. The van der Waals surface area contributed by atoms with Gasteiger partial charge in [0.2, 0.25) is 5.91 Å². The summed E-state index contributed by atoms with van der Waals surface area (Å²) in [6.45, 7) is 7.42. The number of aromatic nitrogens is 1. The average Bonchev–Trinajstić information content (AvgIpc) is 3.18. The van der Waals surface area contributed by atoms with Crippen molar-refractivity contribution in [2.24, 2.45) is 22.6 Å². The molecule has 0 bridgehead atoms. The number of rotatable bonds is 9. The lowest BCUT2D eigenvalue weighted by atomic mass is 10.0. The van der Waals surface area contributed by atoms with Crippen molar-refractivity contribution in [1.29, 1.82) is 0 Å². The van der Waals surface area contributed by atoms with Gasteiger partial charge in [-0.1, -0.05) is 34.1 Å². The van der Waals surface area contributed by atoms with Gasteiger partial charge in [-0.3, -0.25) is 19.0 Å². The van der Waals surface area contributed by atoms with Crippen LogP contribution >= 0.6 is 11.3 Å².